The molecule has 0 saturated heterocycles. The van der Waals surface area contributed by atoms with Gasteiger partial charge in [-0.2, -0.15) is 8.42 Å². The van der Waals surface area contributed by atoms with Gasteiger partial charge in [0.1, 0.15) is 33.7 Å². The quantitative estimate of drug-likeness (QED) is 0.0233. The van der Waals surface area contributed by atoms with Gasteiger partial charge in [-0.3, -0.25) is 9.59 Å². The maximum atomic E-state index is 12.7. The Bertz CT molecular complexity index is 3800. The highest BCUT2D eigenvalue weighted by atomic mass is 32.2. The molecule has 0 radical (unpaired) electrons. The molecule has 5 aromatic carbocycles. The molecule has 0 saturated carbocycles. The highest BCUT2D eigenvalue weighted by Gasteiger charge is 2.38. The number of ether oxygens (including phenoxy) is 1. The zero-order valence-electron chi connectivity index (χ0n) is 69.0. The number of esters is 1. The van der Waals surface area contributed by atoms with Gasteiger partial charge in [-0.15, -0.1) is 51.0 Å². The lowest BCUT2D eigenvalue weighted by Gasteiger charge is -2.32. The van der Waals surface area contributed by atoms with Crippen molar-refractivity contribution in [2.75, 3.05) is 6.54 Å². The van der Waals surface area contributed by atoms with E-state index in [0.29, 0.717) is 46.6 Å². The lowest BCUT2D eigenvalue weighted by Crippen LogP contribution is -2.22. The van der Waals surface area contributed by atoms with Crippen LogP contribution in [-0.2, 0) is 73.8 Å². The Kier molecular flexibility index (Phi) is 27.6. The van der Waals surface area contributed by atoms with Crippen LogP contribution in [0.2, 0.25) is 0 Å². The first-order valence-electron chi connectivity index (χ1n) is 35.9. The van der Waals surface area contributed by atoms with Crippen LogP contribution in [0.5, 0.6) is 28.7 Å². The molecule has 0 aliphatic carbocycles. The predicted molar refractivity (Wildman–Crippen MR) is 438 cm³/mol. The van der Waals surface area contributed by atoms with Gasteiger partial charge in [-0.1, -0.05) is 208 Å². The molecule has 0 bridgehead atoms. The molecule has 0 unspecified atom stereocenters. The summed E-state index contributed by atoms with van der Waals surface area (Å²) < 4.78 is 31.9. The number of hydrogen-bond acceptors (Lipinski definition) is 13. The standard InChI is InChI=1S/C35H52O5S2.C31H48O2S2.C20H29NO3S/c1-31(2,3)23-17-21(18-24(29(23)39)32(4,5)6)41-35(13,14)42-22-19-25(33(7,8)9)30(26(20-22)34(10,11)12)40-28(38)16-15-27(36)37;1-27(2,3)21-15-19(16-22(25(21)32)28(4,5)6)34-31(13,14)35-20-17-23(29(7,8)9)26(33)24(18-20)30(10,11)12;1-8-21-10-9-15(25(21,23)24)11-14-12-16(19(2,3)4)18(22)17(13-14)20(5,6)7/h17-20,39H,15-16H2,1-14H3,(H,36,37);15-18,32-33H,1-14H3;10-13H,8-9H2,1-7H3/p+1/b;;15-11-. The molecule has 0 fully saturated rings. The molecule has 6 rings (SSSR count). The highest BCUT2D eigenvalue weighted by Crippen LogP contribution is 2.54. The molecule has 0 amide bonds. The second kappa shape index (κ2) is 31.4. The fourth-order valence-corrected chi connectivity index (χ4v) is 18.6. The highest BCUT2D eigenvalue weighted by molar-refractivity contribution is 8.18. The zero-order valence-corrected chi connectivity index (χ0v) is 73.1. The largest absolute Gasteiger partial charge is 0.507 e. The second-order valence-electron chi connectivity index (χ2n) is 38.7. The summed E-state index contributed by atoms with van der Waals surface area (Å²) in [6.07, 6.45) is 3.43. The predicted octanol–water partition coefficient (Wildman–Crippen LogP) is 24.0. The van der Waals surface area contributed by atoms with Crippen LogP contribution in [0.4, 0.5) is 0 Å². The summed E-state index contributed by atoms with van der Waals surface area (Å²) in [5.74, 6) is 0.486. The Hall–Kier alpha value is -5.00. The number of carbonyl (C=O) groups is 2. The molecule has 0 aromatic heterocycles. The number of carboxylic acids is 1. The molecule has 11 nitrogen and oxygen atoms in total. The van der Waals surface area contributed by atoms with Crippen LogP contribution in [0.3, 0.4) is 0 Å². The minimum atomic E-state index is -3.41. The summed E-state index contributed by atoms with van der Waals surface area (Å²) in [7, 11) is -3.41. The van der Waals surface area contributed by atoms with E-state index in [1.165, 1.54) is 13.8 Å². The van der Waals surface area contributed by atoms with Crippen molar-refractivity contribution in [3.63, 3.8) is 0 Å². The number of nitrogens with zero attached hydrogens (tertiary/aromatic N) is 1. The smallest absolute Gasteiger partial charge is 0.391 e. The fourth-order valence-electron chi connectivity index (χ4n) is 11.9. The minimum Gasteiger partial charge on any atom is -0.507 e. The lowest BCUT2D eigenvalue weighted by atomic mass is 9.78. The summed E-state index contributed by atoms with van der Waals surface area (Å²) in [4.78, 5) is 28.7. The molecule has 0 atom stereocenters. The first-order valence-corrected chi connectivity index (χ1v) is 40.6. The minimum absolute atomic E-state index is 0.155. The van der Waals surface area contributed by atoms with E-state index in [0.717, 1.165) is 71.0 Å². The molecule has 102 heavy (non-hydrogen) atoms. The number of allylic oxidation sites excluding steroid dienone is 1. The van der Waals surface area contributed by atoms with E-state index in [2.05, 4.69) is 242 Å². The number of rotatable bonds is 14. The molecule has 1 heterocycles. The number of carbonyl (C=O) groups excluding carboxylic acids is 1. The Balaban J connectivity index is 0.000000334. The number of phenols is 4. The summed E-state index contributed by atoms with van der Waals surface area (Å²) >= 11 is 7.19. The van der Waals surface area contributed by atoms with Crippen molar-refractivity contribution in [3.8, 4) is 28.7 Å². The molecule has 1 aliphatic rings. The fraction of sp³-hybridized carbons (Fsp3) is 0.593. The second-order valence-corrected chi connectivity index (χ2v) is 47.9. The van der Waals surface area contributed by atoms with Crippen molar-refractivity contribution in [3.05, 3.63) is 127 Å². The van der Waals surface area contributed by atoms with Gasteiger partial charge in [-0.25, -0.2) is 0 Å². The van der Waals surface area contributed by atoms with Crippen molar-refractivity contribution in [2.45, 2.75) is 343 Å². The van der Waals surface area contributed by atoms with Crippen molar-refractivity contribution < 1.29 is 52.3 Å². The average Bonchev–Trinajstić information content (AvgIpc) is 0.811. The summed E-state index contributed by atoms with van der Waals surface area (Å²) in [6, 6.07) is 20.9. The summed E-state index contributed by atoms with van der Waals surface area (Å²) in [5.41, 5.74) is 7.98. The topological polar surface area (TPSA) is 182 Å². The van der Waals surface area contributed by atoms with E-state index in [4.69, 9.17) is 9.84 Å². The number of aromatic hydroxyl groups is 4. The van der Waals surface area contributed by atoms with E-state index in [9.17, 15) is 38.4 Å². The monoisotopic (exact) mass is 1500 g/mol. The number of aliphatic carboxylic acids is 1. The van der Waals surface area contributed by atoms with Crippen molar-refractivity contribution in [2.24, 2.45) is 0 Å². The Labute approximate surface area is 634 Å². The van der Waals surface area contributed by atoms with E-state index in [-0.39, 0.29) is 75.1 Å². The number of sulfonamides is 1. The molecule has 568 valence electrons. The van der Waals surface area contributed by atoms with Crippen molar-refractivity contribution in [1.29, 1.82) is 0 Å². The van der Waals surface area contributed by atoms with Gasteiger partial charge in [0, 0.05) is 75.2 Å². The van der Waals surface area contributed by atoms with E-state index in [1.807, 2.05) is 84.1 Å². The number of benzene rings is 5. The zero-order chi connectivity index (χ0) is 79.2. The lowest BCUT2D eigenvalue weighted by molar-refractivity contribution is -0.351. The molecule has 16 heteroatoms. The number of hydrogen-bond donors (Lipinski definition) is 5. The summed E-state index contributed by atoms with van der Waals surface area (Å²) in [6.45, 7) is 74.6. The van der Waals surface area contributed by atoms with Gasteiger partial charge in [-0.05, 0) is 161 Å². The number of carboxylic acid groups (broad SMARTS) is 1. The first-order chi connectivity index (χ1) is 45.4. The third-order valence-electron chi connectivity index (χ3n) is 17.5. The Morgan fingerprint density at radius 1 is 0.392 bits per heavy atom. The molecule has 5 aromatic rings. The Morgan fingerprint density at radius 3 is 0.824 bits per heavy atom. The maximum Gasteiger partial charge on any atom is 0.391 e. The normalized spacial score (nSPS) is 15.0. The van der Waals surface area contributed by atoms with Gasteiger partial charge in [0.25, 0.3) is 0 Å². The first kappa shape index (κ1) is 89.4. The van der Waals surface area contributed by atoms with E-state index >= 15 is 0 Å². The molecule has 0 spiro atoms. The van der Waals surface area contributed by atoms with Gasteiger partial charge in [0.2, 0.25) is 0 Å². The van der Waals surface area contributed by atoms with Crippen LogP contribution >= 0.6 is 47.0 Å². The van der Waals surface area contributed by atoms with Crippen molar-refractivity contribution >= 4 is 81.3 Å². The van der Waals surface area contributed by atoms with Gasteiger partial charge in [0.05, 0.1) is 27.4 Å². The number of phenolic OH excluding ortho intramolecular Hbond substituents is 4. The van der Waals surface area contributed by atoms with E-state index < -0.39 is 22.0 Å². The van der Waals surface area contributed by atoms with Crippen LogP contribution in [0, 0.1) is 0 Å². The molecular formula is C86H130NO10S5+. The Morgan fingerprint density at radius 2 is 0.618 bits per heavy atom. The third-order valence-corrected chi connectivity index (χ3v) is 24.3. The maximum absolute atomic E-state index is 12.7. The molecule has 5 N–H and O–H groups in total. The third kappa shape index (κ3) is 24.0. The molecular weight excluding hydrogens is 1370 g/mol. The number of thioether (sulfide) groups is 4. The van der Waals surface area contributed by atoms with Crippen LogP contribution in [0.25, 0.3) is 6.08 Å². The van der Waals surface area contributed by atoms with Crippen LogP contribution in [0.15, 0.2) is 85.2 Å². The SMILES string of the molecule is CC(C)(Sc1cc(C(C)(C)C)c(O)c(C(C)(C)C)c1)Sc1cc(C(C)(C)C)c(O)c(C(C)(C)C)c1.CC(C)(Sc1cc(C(C)(C)C)c(O)c(C(C)(C)C)c1)Sc1cc(C(C)(C)C)c(OC(=O)CCC(=O)O)c(C(C)(C)C)c1.CC[N+]1=CC/C(=C/c2cc(C(C)(C)C)c(O)c(C(C)(C)C)c2)S1(=O)=O. The van der Waals surface area contributed by atoms with Crippen molar-refractivity contribution in [1.82, 2.24) is 0 Å². The molecule has 1 aliphatic heterocycles. The van der Waals surface area contributed by atoms with Crippen LogP contribution in [0.1, 0.15) is 323 Å². The van der Waals surface area contributed by atoms with E-state index in [1.54, 1.807) is 35.8 Å². The van der Waals surface area contributed by atoms with Gasteiger partial charge in [0.15, 0.2) is 12.8 Å². The van der Waals surface area contributed by atoms with Crippen LogP contribution < -0.4 is 4.74 Å². The van der Waals surface area contributed by atoms with Crippen LogP contribution in [-0.4, -0.2) is 70.8 Å². The summed E-state index contributed by atoms with van der Waals surface area (Å²) in [5, 5.41) is 53.3. The van der Waals surface area contributed by atoms with Gasteiger partial charge >= 0.3 is 22.0 Å². The van der Waals surface area contributed by atoms with Gasteiger partial charge < -0.3 is 30.3 Å². The average molecular weight is 1500 g/mol.